The third kappa shape index (κ3) is 5.15. The molecule has 39 heavy (non-hydrogen) atoms. The van der Waals surface area contributed by atoms with Crippen molar-refractivity contribution < 1.29 is 0 Å². The van der Waals surface area contributed by atoms with Gasteiger partial charge in [0.2, 0.25) is 5.95 Å². The van der Waals surface area contributed by atoms with Gasteiger partial charge in [0.1, 0.15) is 11.2 Å². The zero-order valence-corrected chi connectivity index (χ0v) is 23.1. The summed E-state index contributed by atoms with van der Waals surface area (Å²) in [6.45, 7) is 7.02. The average molecular weight is 544 g/mol. The normalized spacial score (nSPS) is 26.6. The van der Waals surface area contributed by atoms with Gasteiger partial charge >= 0.3 is 0 Å². The van der Waals surface area contributed by atoms with Crippen LogP contribution in [0.3, 0.4) is 0 Å². The Balaban J connectivity index is 1.12. The van der Waals surface area contributed by atoms with Crippen molar-refractivity contribution in [1.29, 1.82) is 0 Å². The van der Waals surface area contributed by atoms with Crippen LogP contribution in [0.1, 0.15) is 42.2 Å². The minimum Gasteiger partial charge on any atom is -0.368 e. The number of rotatable bonds is 6. The molecule has 5 heterocycles. The highest BCUT2D eigenvalue weighted by Crippen LogP contribution is 2.47. The number of thioether (sulfide) groups is 1. The van der Waals surface area contributed by atoms with Crippen molar-refractivity contribution in [2.24, 2.45) is 5.41 Å². The molecule has 3 aromatic rings. The fourth-order valence-corrected chi connectivity index (χ4v) is 7.90. The van der Waals surface area contributed by atoms with E-state index < -0.39 is 0 Å². The van der Waals surface area contributed by atoms with Crippen molar-refractivity contribution in [3.63, 3.8) is 0 Å². The fourth-order valence-electron chi connectivity index (χ4n) is 6.71. The maximum atomic E-state index is 13.7. The standard InChI is InChI=1S/C30H37N7OS/c38-27-25(28-33-23-10-4-5-11-24(23)39-28)26(32-22-9-6-14-31-17-22)34-29(35-27)37-16-13-30(20-37)12-15-36(19-30)18-21-7-2-1-3-8-21/h1-5,7-8,10-11,22,28,31,33H,6,9,12-20H2,(H2,32,34,35,38)/t22-,28?,30?/m1/s1. The molecule has 4 aliphatic heterocycles. The van der Waals surface area contributed by atoms with E-state index in [4.69, 9.17) is 4.98 Å². The Morgan fingerprint density at radius 3 is 2.74 bits per heavy atom. The number of nitrogens with one attached hydrogen (secondary N) is 4. The summed E-state index contributed by atoms with van der Waals surface area (Å²) in [7, 11) is 0. The van der Waals surface area contributed by atoms with Gasteiger partial charge in [0.25, 0.3) is 5.56 Å². The number of benzene rings is 2. The van der Waals surface area contributed by atoms with Crippen LogP contribution >= 0.6 is 11.8 Å². The number of aromatic amines is 1. The molecule has 9 heteroatoms. The van der Waals surface area contributed by atoms with E-state index in [2.05, 4.69) is 73.2 Å². The second-order valence-electron chi connectivity index (χ2n) is 11.6. The molecule has 3 fully saturated rings. The van der Waals surface area contributed by atoms with E-state index in [9.17, 15) is 4.79 Å². The molecule has 0 radical (unpaired) electrons. The molecule has 204 valence electrons. The predicted molar refractivity (Wildman–Crippen MR) is 159 cm³/mol. The quantitative estimate of drug-likeness (QED) is 0.367. The summed E-state index contributed by atoms with van der Waals surface area (Å²) >= 11 is 1.69. The second kappa shape index (κ2) is 10.5. The lowest BCUT2D eigenvalue weighted by Gasteiger charge is -2.28. The largest absolute Gasteiger partial charge is 0.368 e. The topological polar surface area (TPSA) is 88.3 Å². The lowest BCUT2D eigenvalue weighted by atomic mass is 9.86. The summed E-state index contributed by atoms with van der Waals surface area (Å²) in [5.41, 5.74) is 3.34. The first-order valence-corrected chi connectivity index (χ1v) is 15.2. The van der Waals surface area contributed by atoms with Crippen LogP contribution in [-0.2, 0) is 6.54 Å². The van der Waals surface area contributed by atoms with E-state index >= 15 is 0 Å². The van der Waals surface area contributed by atoms with E-state index in [0.717, 1.165) is 76.6 Å². The van der Waals surface area contributed by atoms with Crippen LogP contribution in [0.25, 0.3) is 0 Å². The maximum Gasteiger partial charge on any atom is 0.260 e. The minimum absolute atomic E-state index is 0.0536. The molecule has 1 aromatic heterocycles. The van der Waals surface area contributed by atoms with Crippen molar-refractivity contribution in [2.45, 2.75) is 48.5 Å². The molecule has 0 aliphatic carbocycles. The van der Waals surface area contributed by atoms with E-state index in [0.29, 0.717) is 11.5 Å². The Morgan fingerprint density at radius 1 is 1.05 bits per heavy atom. The Hall–Kier alpha value is -3.01. The highest BCUT2D eigenvalue weighted by atomic mass is 32.2. The molecule has 4 aliphatic rings. The van der Waals surface area contributed by atoms with Gasteiger partial charge in [-0.25, -0.2) is 0 Å². The van der Waals surface area contributed by atoms with Crippen molar-refractivity contribution in [3.05, 3.63) is 76.1 Å². The summed E-state index contributed by atoms with van der Waals surface area (Å²) in [6.07, 6.45) is 4.53. The second-order valence-corrected chi connectivity index (χ2v) is 12.7. The number of nitrogens with zero attached hydrogens (tertiary/aromatic N) is 3. The summed E-state index contributed by atoms with van der Waals surface area (Å²) in [6, 6.07) is 19.3. The maximum absolute atomic E-state index is 13.7. The number of hydrogen-bond donors (Lipinski definition) is 4. The van der Waals surface area contributed by atoms with Gasteiger partial charge in [-0.3, -0.25) is 14.7 Å². The molecule has 0 saturated carbocycles. The van der Waals surface area contributed by atoms with Gasteiger partial charge in [0.15, 0.2) is 0 Å². The molecule has 4 N–H and O–H groups in total. The number of likely N-dealkylation sites (tertiary alicyclic amines) is 1. The lowest BCUT2D eigenvalue weighted by molar-refractivity contribution is 0.270. The SMILES string of the molecule is O=c1[nH]c(N2CCC3(CCN(Cc4ccccc4)C3)C2)nc(N[C@@H]2CCCNC2)c1C1Nc2ccccc2S1. The van der Waals surface area contributed by atoms with Gasteiger partial charge in [-0.05, 0) is 56.5 Å². The molecular formula is C30H37N7OS. The van der Waals surface area contributed by atoms with Gasteiger partial charge in [0, 0.05) is 54.8 Å². The van der Waals surface area contributed by atoms with Gasteiger partial charge in [-0.1, -0.05) is 54.2 Å². The molecule has 0 amide bonds. The summed E-state index contributed by atoms with van der Waals surface area (Å²) in [5, 5.41) is 10.5. The van der Waals surface area contributed by atoms with Gasteiger partial charge in [-0.15, -0.1) is 0 Å². The van der Waals surface area contributed by atoms with Crippen molar-refractivity contribution in [2.75, 3.05) is 54.8 Å². The first-order valence-electron chi connectivity index (χ1n) is 14.3. The average Bonchev–Trinajstić information content (AvgIpc) is 3.68. The van der Waals surface area contributed by atoms with Crippen molar-refractivity contribution in [3.8, 4) is 0 Å². The van der Waals surface area contributed by atoms with Crippen LogP contribution in [0, 0.1) is 5.41 Å². The first kappa shape index (κ1) is 25.0. The number of H-pyrrole nitrogens is 1. The third-order valence-electron chi connectivity index (χ3n) is 8.77. The fraction of sp³-hybridized carbons (Fsp3) is 0.467. The van der Waals surface area contributed by atoms with Crippen LogP contribution in [0.4, 0.5) is 17.5 Å². The molecule has 3 saturated heterocycles. The molecular weight excluding hydrogens is 506 g/mol. The Kier molecular flexibility index (Phi) is 6.74. The first-order chi connectivity index (χ1) is 19.1. The molecule has 8 nitrogen and oxygen atoms in total. The van der Waals surface area contributed by atoms with Crippen LogP contribution in [0.5, 0.6) is 0 Å². The Bertz CT molecular complexity index is 1350. The van der Waals surface area contributed by atoms with E-state index in [1.165, 1.54) is 16.9 Å². The summed E-state index contributed by atoms with van der Waals surface area (Å²) in [5.74, 6) is 1.42. The Morgan fingerprint density at radius 2 is 1.90 bits per heavy atom. The molecule has 3 atom stereocenters. The van der Waals surface area contributed by atoms with E-state index in [-0.39, 0.29) is 22.4 Å². The van der Waals surface area contributed by atoms with E-state index in [1.807, 2.05) is 12.1 Å². The molecule has 0 bridgehead atoms. The van der Waals surface area contributed by atoms with Crippen molar-refractivity contribution >= 4 is 29.2 Å². The predicted octanol–water partition coefficient (Wildman–Crippen LogP) is 4.25. The summed E-state index contributed by atoms with van der Waals surface area (Å²) < 4.78 is 0. The van der Waals surface area contributed by atoms with Crippen LogP contribution < -0.4 is 26.4 Å². The molecule has 7 rings (SSSR count). The van der Waals surface area contributed by atoms with Gasteiger partial charge in [0.05, 0.1) is 5.56 Å². The summed E-state index contributed by atoms with van der Waals surface area (Å²) in [4.78, 5) is 28.1. The molecule has 2 aromatic carbocycles. The number of fused-ring (bicyclic) bond motifs is 1. The van der Waals surface area contributed by atoms with Crippen LogP contribution in [0.2, 0.25) is 0 Å². The lowest BCUT2D eigenvalue weighted by Crippen LogP contribution is -2.40. The van der Waals surface area contributed by atoms with Crippen LogP contribution in [0.15, 0.2) is 64.3 Å². The highest BCUT2D eigenvalue weighted by Gasteiger charge is 2.44. The zero-order valence-electron chi connectivity index (χ0n) is 22.3. The minimum atomic E-state index is -0.168. The Labute approximate surface area is 234 Å². The molecule has 1 spiro atoms. The van der Waals surface area contributed by atoms with Crippen molar-refractivity contribution in [1.82, 2.24) is 20.2 Å². The number of hydrogen-bond acceptors (Lipinski definition) is 8. The monoisotopic (exact) mass is 543 g/mol. The van der Waals surface area contributed by atoms with Gasteiger partial charge < -0.3 is 20.9 Å². The number of para-hydroxylation sites is 1. The molecule has 2 unspecified atom stereocenters. The third-order valence-corrected chi connectivity index (χ3v) is 9.96. The highest BCUT2D eigenvalue weighted by molar-refractivity contribution is 8.00. The van der Waals surface area contributed by atoms with Crippen LogP contribution in [-0.4, -0.2) is 60.2 Å². The number of anilines is 3. The van der Waals surface area contributed by atoms with Gasteiger partial charge in [-0.2, -0.15) is 4.98 Å². The number of piperidine rings is 1. The zero-order chi connectivity index (χ0) is 26.2. The van der Waals surface area contributed by atoms with E-state index in [1.54, 1.807) is 11.8 Å². The smallest absolute Gasteiger partial charge is 0.260 e. The number of aromatic nitrogens is 2.